The average molecular weight is 524 g/mol. The zero-order valence-corrected chi connectivity index (χ0v) is 20.2. The number of nitrogens with one attached hydrogen (secondary N) is 3. The summed E-state index contributed by atoms with van der Waals surface area (Å²) in [5.41, 5.74) is 3.06. The van der Waals surface area contributed by atoms with E-state index < -0.39 is 0 Å². The summed E-state index contributed by atoms with van der Waals surface area (Å²) in [6.07, 6.45) is 8.34. The maximum atomic E-state index is 12.4. The predicted molar refractivity (Wildman–Crippen MR) is 130 cm³/mol. The maximum absolute atomic E-state index is 12.4. The van der Waals surface area contributed by atoms with E-state index in [2.05, 4.69) is 51.4 Å². The molecule has 2 saturated carbocycles. The Morgan fingerprint density at radius 2 is 2.03 bits per heavy atom. The standard InChI is InChI=1S/C22H32N6O.HI/c1-3-23-22(24-13-19-14-28-15(2)6-4-9-20(28)25-19)27-18-8-5-7-16(12-18)21(29)26-17-10-11-17;/h4,6,9,14,16-18H,3,5,7-8,10-13H2,1-2H3,(H,26,29)(H2,23,24,27);1H. The third kappa shape index (κ3) is 5.86. The number of hydrogen-bond donors (Lipinski definition) is 3. The molecule has 8 heteroatoms. The Morgan fingerprint density at radius 3 is 2.77 bits per heavy atom. The Balaban J connectivity index is 0.00000256. The first-order chi connectivity index (χ1) is 14.1. The largest absolute Gasteiger partial charge is 0.357 e. The van der Waals surface area contributed by atoms with Crippen molar-refractivity contribution in [2.45, 2.75) is 71.0 Å². The van der Waals surface area contributed by atoms with Crippen molar-refractivity contribution in [2.75, 3.05) is 6.54 Å². The van der Waals surface area contributed by atoms with Gasteiger partial charge in [0, 0.05) is 36.4 Å². The van der Waals surface area contributed by atoms with Gasteiger partial charge in [-0.05, 0) is 58.1 Å². The lowest BCUT2D eigenvalue weighted by Crippen LogP contribution is -2.47. The number of imidazole rings is 1. The number of nitrogens with zero attached hydrogens (tertiary/aromatic N) is 3. The number of aliphatic imine (C=N–C) groups is 1. The highest BCUT2D eigenvalue weighted by Gasteiger charge is 2.31. The highest BCUT2D eigenvalue weighted by molar-refractivity contribution is 14.0. The van der Waals surface area contributed by atoms with Gasteiger partial charge in [0.2, 0.25) is 5.91 Å². The summed E-state index contributed by atoms with van der Waals surface area (Å²) in [6, 6.07) is 6.82. The second-order valence-corrected chi connectivity index (χ2v) is 8.31. The van der Waals surface area contributed by atoms with Gasteiger partial charge in [-0.3, -0.25) is 4.79 Å². The fraction of sp³-hybridized carbons (Fsp3) is 0.591. The molecule has 0 aliphatic heterocycles. The van der Waals surface area contributed by atoms with Crippen LogP contribution in [0.1, 0.15) is 56.8 Å². The Kier molecular flexibility index (Phi) is 7.96. The van der Waals surface area contributed by atoms with Gasteiger partial charge < -0.3 is 20.4 Å². The van der Waals surface area contributed by atoms with Crippen LogP contribution in [0.25, 0.3) is 5.65 Å². The predicted octanol–water partition coefficient (Wildman–Crippen LogP) is 3.15. The van der Waals surface area contributed by atoms with Crippen molar-refractivity contribution in [3.05, 3.63) is 35.8 Å². The second-order valence-electron chi connectivity index (χ2n) is 8.31. The van der Waals surface area contributed by atoms with Crippen molar-refractivity contribution < 1.29 is 4.79 Å². The number of halogens is 1. The van der Waals surface area contributed by atoms with Gasteiger partial charge in [-0.25, -0.2) is 9.98 Å². The van der Waals surface area contributed by atoms with Crippen LogP contribution in [0.15, 0.2) is 29.4 Å². The van der Waals surface area contributed by atoms with Gasteiger partial charge in [0.25, 0.3) is 0 Å². The number of carbonyl (C=O) groups is 1. The second kappa shape index (κ2) is 10.5. The molecule has 3 N–H and O–H groups in total. The van der Waals surface area contributed by atoms with Crippen LogP contribution in [0.4, 0.5) is 0 Å². The lowest BCUT2D eigenvalue weighted by Gasteiger charge is -2.30. The molecular formula is C22H33IN6O. The lowest BCUT2D eigenvalue weighted by molar-refractivity contribution is -0.126. The minimum absolute atomic E-state index is 0. The summed E-state index contributed by atoms with van der Waals surface area (Å²) in [6.45, 7) is 5.47. The first kappa shape index (κ1) is 22.8. The molecule has 2 aromatic heterocycles. The molecule has 2 fully saturated rings. The third-order valence-corrected chi connectivity index (χ3v) is 5.80. The summed E-state index contributed by atoms with van der Waals surface area (Å²) in [7, 11) is 0. The fourth-order valence-electron chi connectivity index (χ4n) is 4.05. The molecule has 2 atom stereocenters. The van der Waals surface area contributed by atoms with Crippen molar-refractivity contribution in [3.8, 4) is 0 Å². The molecule has 0 radical (unpaired) electrons. The molecule has 2 unspecified atom stereocenters. The van der Waals surface area contributed by atoms with Crippen LogP contribution in [-0.4, -0.2) is 39.9 Å². The van der Waals surface area contributed by atoms with Gasteiger partial charge in [0.05, 0.1) is 12.2 Å². The van der Waals surface area contributed by atoms with Gasteiger partial charge in [0.1, 0.15) is 5.65 Å². The van der Waals surface area contributed by atoms with Gasteiger partial charge in [-0.2, -0.15) is 0 Å². The molecule has 0 saturated heterocycles. The van der Waals surface area contributed by atoms with Crippen LogP contribution in [0, 0.1) is 12.8 Å². The summed E-state index contributed by atoms with van der Waals surface area (Å²) in [5, 5.41) is 10.0. The molecule has 2 heterocycles. The van der Waals surface area contributed by atoms with E-state index in [4.69, 9.17) is 4.99 Å². The average Bonchev–Trinajstić information content (AvgIpc) is 3.42. The summed E-state index contributed by atoms with van der Waals surface area (Å²) in [5.74, 6) is 1.15. The smallest absolute Gasteiger partial charge is 0.223 e. The highest BCUT2D eigenvalue weighted by atomic mass is 127. The number of aromatic nitrogens is 2. The summed E-state index contributed by atoms with van der Waals surface area (Å²) in [4.78, 5) is 21.9. The van der Waals surface area contributed by atoms with Crippen molar-refractivity contribution >= 4 is 41.5 Å². The van der Waals surface area contributed by atoms with E-state index in [9.17, 15) is 4.79 Å². The van der Waals surface area contributed by atoms with Gasteiger partial charge >= 0.3 is 0 Å². The van der Waals surface area contributed by atoms with E-state index in [1.54, 1.807) is 0 Å². The van der Waals surface area contributed by atoms with E-state index in [-0.39, 0.29) is 41.8 Å². The Hall–Kier alpha value is -1.84. The monoisotopic (exact) mass is 524 g/mol. The number of hydrogen-bond acceptors (Lipinski definition) is 3. The zero-order chi connectivity index (χ0) is 20.2. The number of fused-ring (bicyclic) bond motifs is 1. The Bertz CT molecular complexity index is 891. The van der Waals surface area contributed by atoms with Crippen molar-refractivity contribution in [2.24, 2.45) is 10.9 Å². The fourth-order valence-corrected chi connectivity index (χ4v) is 4.05. The highest BCUT2D eigenvalue weighted by Crippen LogP contribution is 2.26. The molecule has 0 aromatic carbocycles. The van der Waals surface area contributed by atoms with E-state index in [1.807, 2.05) is 12.1 Å². The van der Waals surface area contributed by atoms with Crippen LogP contribution in [0.2, 0.25) is 0 Å². The number of amides is 1. The third-order valence-electron chi connectivity index (χ3n) is 5.80. The first-order valence-electron chi connectivity index (χ1n) is 10.9. The van der Waals surface area contributed by atoms with Crippen LogP contribution >= 0.6 is 24.0 Å². The minimum atomic E-state index is 0. The van der Waals surface area contributed by atoms with Crippen molar-refractivity contribution in [1.82, 2.24) is 25.3 Å². The summed E-state index contributed by atoms with van der Waals surface area (Å²) < 4.78 is 2.09. The molecule has 0 bridgehead atoms. The topological polar surface area (TPSA) is 82.8 Å². The van der Waals surface area contributed by atoms with Gasteiger partial charge in [-0.1, -0.05) is 12.5 Å². The Labute approximate surface area is 195 Å². The zero-order valence-electron chi connectivity index (χ0n) is 17.9. The first-order valence-corrected chi connectivity index (χ1v) is 10.9. The van der Waals surface area contributed by atoms with Gasteiger partial charge in [0.15, 0.2) is 5.96 Å². The van der Waals surface area contributed by atoms with Crippen LogP contribution in [0.3, 0.4) is 0 Å². The van der Waals surface area contributed by atoms with E-state index in [0.29, 0.717) is 12.6 Å². The van der Waals surface area contributed by atoms with Crippen LogP contribution in [-0.2, 0) is 11.3 Å². The van der Waals surface area contributed by atoms with Gasteiger partial charge in [-0.15, -0.1) is 24.0 Å². The SMILES string of the molecule is CCNC(=NCc1cn2c(C)cccc2n1)NC1CCCC(C(=O)NC2CC2)C1.I. The lowest BCUT2D eigenvalue weighted by atomic mass is 9.85. The normalized spacial score (nSPS) is 21.7. The molecule has 30 heavy (non-hydrogen) atoms. The quantitative estimate of drug-likeness (QED) is 0.308. The minimum Gasteiger partial charge on any atom is -0.357 e. The van der Waals surface area contributed by atoms with Crippen LogP contribution in [0.5, 0.6) is 0 Å². The number of guanidine groups is 1. The molecule has 4 rings (SSSR count). The summed E-state index contributed by atoms with van der Waals surface area (Å²) >= 11 is 0. The van der Waals surface area contributed by atoms with E-state index >= 15 is 0 Å². The van der Waals surface area contributed by atoms with E-state index in [1.165, 1.54) is 0 Å². The maximum Gasteiger partial charge on any atom is 0.223 e. The number of rotatable bonds is 6. The van der Waals surface area contributed by atoms with E-state index in [0.717, 1.165) is 68.1 Å². The van der Waals surface area contributed by atoms with Crippen molar-refractivity contribution in [1.29, 1.82) is 0 Å². The Morgan fingerprint density at radius 1 is 1.20 bits per heavy atom. The molecule has 2 aliphatic rings. The molecule has 0 spiro atoms. The number of aryl methyl sites for hydroxylation is 1. The number of pyridine rings is 1. The molecular weight excluding hydrogens is 491 g/mol. The van der Waals surface area contributed by atoms with Crippen molar-refractivity contribution in [3.63, 3.8) is 0 Å². The molecule has 2 aromatic rings. The molecule has 7 nitrogen and oxygen atoms in total. The number of carbonyl (C=O) groups excluding carboxylic acids is 1. The molecule has 1 amide bonds. The van der Waals surface area contributed by atoms with Crippen LogP contribution < -0.4 is 16.0 Å². The molecule has 2 aliphatic carbocycles. The molecule has 164 valence electrons.